The van der Waals surface area contributed by atoms with Gasteiger partial charge in [0.1, 0.15) is 30.1 Å². The van der Waals surface area contributed by atoms with Crippen LogP contribution in [0, 0.1) is 35.5 Å². The molecule has 368 valence electrons. The molecule has 0 radical (unpaired) electrons. The highest BCUT2D eigenvalue weighted by molar-refractivity contribution is 6.39. The van der Waals surface area contributed by atoms with Crippen LogP contribution in [0.3, 0.4) is 0 Å². The maximum Gasteiger partial charge on any atom is 0.329 e. The van der Waals surface area contributed by atoms with E-state index < -0.39 is 84.1 Å². The molecule has 14 unspecified atom stereocenters. The van der Waals surface area contributed by atoms with Crippen LogP contribution in [0.5, 0.6) is 0 Å². The van der Waals surface area contributed by atoms with Gasteiger partial charge in [0.25, 0.3) is 11.7 Å². The third-order valence-electron chi connectivity index (χ3n) is 14.7. The summed E-state index contributed by atoms with van der Waals surface area (Å²) in [5, 5.41) is 45.3. The number of aliphatic hydroxyl groups excluding tert-OH is 3. The number of carbonyl (C=O) groups excluding carboxylic acids is 4. The van der Waals surface area contributed by atoms with E-state index in [1.54, 1.807) is 41.1 Å². The van der Waals surface area contributed by atoms with Crippen LogP contribution in [-0.4, -0.2) is 137 Å². The number of piperidine rings is 1. The Labute approximate surface area is 387 Å². The number of allylic oxidation sites excluding steroid dienone is 6. The third kappa shape index (κ3) is 14.5. The Morgan fingerprint density at radius 2 is 1.57 bits per heavy atom. The average molecular weight is 916 g/mol. The Kier molecular flexibility index (Phi) is 21.3. The van der Waals surface area contributed by atoms with Gasteiger partial charge in [-0.1, -0.05) is 71.1 Å². The maximum atomic E-state index is 14.4. The zero-order chi connectivity index (χ0) is 48.2. The van der Waals surface area contributed by atoms with Crippen LogP contribution in [0.4, 0.5) is 0 Å². The van der Waals surface area contributed by atoms with E-state index >= 15 is 0 Å². The van der Waals surface area contributed by atoms with Gasteiger partial charge in [0.2, 0.25) is 5.79 Å². The molecule has 0 spiro atoms. The van der Waals surface area contributed by atoms with Crippen molar-refractivity contribution in [3.8, 4) is 0 Å². The molecule has 1 aliphatic carbocycles. The average Bonchev–Trinajstić information content (AvgIpc) is 3.28. The van der Waals surface area contributed by atoms with E-state index in [0.717, 1.165) is 12.0 Å². The summed E-state index contributed by atoms with van der Waals surface area (Å²) in [4.78, 5) is 58.1. The van der Waals surface area contributed by atoms with Crippen LogP contribution in [0.2, 0.25) is 0 Å². The molecule has 3 aliphatic heterocycles. The maximum absolute atomic E-state index is 14.4. The van der Waals surface area contributed by atoms with Crippen LogP contribution in [0.15, 0.2) is 47.6 Å². The van der Waals surface area contributed by atoms with Crippen LogP contribution >= 0.6 is 0 Å². The van der Waals surface area contributed by atoms with Gasteiger partial charge in [0, 0.05) is 52.6 Å². The number of cyclic esters (lactones) is 1. The first-order chi connectivity index (χ1) is 30.7. The first-order valence-electron chi connectivity index (χ1n) is 24.1. The molecule has 0 aromatic heterocycles. The lowest BCUT2D eigenvalue weighted by molar-refractivity contribution is -0.265. The number of nitrogens with zero attached hydrogens (tertiary/aromatic N) is 1. The van der Waals surface area contributed by atoms with E-state index in [4.69, 9.17) is 23.7 Å². The monoisotopic (exact) mass is 916 g/mol. The molecule has 2 bridgehead atoms. The van der Waals surface area contributed by atoms with Gasteiger partial charge in [-0.05, 0) is 113 Å². The smallest absolute Gasteiger partial charge is 0.329 e. The predicted molar refractivity (Wildman–Crippen MR) is 246 cm³/mol. The molecule has 3 fully saturated rings. The quantitative estimate of drug-likeness (QED) is 0.138. The number of ether oxygens (including phenoxy) is 5. The van der Waals surface area contributed by atoms with Crippen LogP contribution in [0.25, 0.3) is 0 Å². The molecule has 16 atom stereocenters. The van der Waals surface area contributed by atoms with E-state index in [1.165, 1.54) is 12.0 Å². The highest BCUT2D eigenvalue weighted by Gasteiger charge is 2.53. The number of carbonyl (C=O) groups is 4. The Bertz CT molecular complexity index is 1710. The van der Waals surface area contributed by atoms with E-state index in [1.807, 2.05) is 58.1 Å². The summed E-state index contributed by atoms with van der Waals surface area (Å²) in [6.45, 7) is 13.0. The number of aliphatic hydroxyl groups is 4. The summed E-state index contributed by atoms with van der Waals surface area (Å²) < 4.78 is 29.5. The predicted octanol–water partition coefficient (Wildman–Crippen LogP) is 5.97. The first-order valence-corrected chi connectivity index (χ1v) is 24.1. The van der Waals surface area contributed by atoms with Crippen molar-refractivity contribution in [3.63, 3.8) is 0 Å². The van der Waals surface area contributed by atoms with E-state index in [-0.39, 0.29) is 54.9 Å². The number of ketones is 2. The third-order valence-corrected chi connectivity index (χ3v) is 14.7. The van der Waals surface area contributed by atoms with Gasteiger partial charge in [0.15, 0.2) is 0 Å². The van der Waals surface area contributed by atoms with Crippen LogP contribution < -0.4 is 0 Å². The van der Waals surface area contributed by atoms with Crippen molar-refractivity contribution < 1.29 is 63.3 Å². The van der Waals surface area contributed by atoms with Gasteiger partial charge in [-0.25, -0.2) is 4.79 Å². The van der Waals surface area contributed by atoms with Crippen molar-refractivity contribution >= 4 is 23.4 Å². The van der Waals surface area contributed by atoms with E-state index in [9.17, 15) is 39.6 Å². The molecule has 4 N–H and O–H groups in total. The van der Waals surface area contributed by atoms with Crippen molar-refractivity contribution in [1.82, 2.24) is 4.90 Å². The summed E-state index contributed by atoms with van der Waals surface area (Å²) in [6, 6.07) is -1.13. The highest BCUT2D eigenvalue weighted by Crippen LogP contribution is 2.38. The molecule has 1 saturated carbocycles. The summed E-state index contributed by atoms with van der Waals surface area (Å²) >= 11 is 0. The molecule has 14 nitrogen and oxygen atoms in total. The Hall–Kier alpha value is -3.08. The zero-order valence-corrected chi connectivity index (χ0v) is 40.7. The molecular formula is C51H81NO13. The summed E-state index contributed by atoms with van der Waals surface area (Å²) in [5.41, 5.74) is 1.34. The normalized spacial score (nSPS) is 40.2. The lowest BCUT2D eigenvalue weighted by atomic mass is 9.78. The van der Waals surface area contributed by atoms with Gasteiger partial charge >= 0.3 is 5.97 Å². The Balaban J connectivity index is 1.70. The molecule has 3 heterocycles. The summed E-state index contributed by atoms with van der Waals surface area (Å²) in [7, 11) is 4.59. The number of esters is 1. The summed E-state index contributed by atoms with van der Waals surface area (Å²) in [5.74, 6) is -7.35. The molecule has 4 aliphatic rings. The van der Waals surface area contributed by atoms with E-state index in [0.29, 0.717) is 63.4 Å². The second-order valence-corrected chi connectivity index (χ2v) is 19.8. The molecule has 65 heavy (non-hydrogen) atoms. The Morgan fingerprint density at radius 1 is 0.846 bits per heavy atom. The van der Waals surface area contributed by atoms with Gasteiger partial charge in [-0.15, -0.1) is 0 Å². The minimum Gasteiger partial charge on any atom is -0.460 e. The topological polar surface area (TPSA) is 199 Å². The molecule has 0 aromatic carbocycles. The largest absolute Gasteiger partial charge is 0.460 e. The number of Topliss-reactive ketones (excluding diaryl/α,β-unsaturated/α-hetero) is 2. The molecule has 1 amide bonds. The highest BCUT2D eigenvalue weighted by atomic mass is 16.6. The second kappa shape index (κ2) is 25.3. The number of fused-ring (bicyclic) bond motifs is 3. The second-order valence-electron chi connectivity index (χ2n) is 19.8. The molecule has 4 rings (SSSR count). The van der Waals surface area contributed by atoms with Crippen molar-refractivity contribution in [3.05, 3.63) is 47.6 Å². The Morgan fingerprint density at radius 3 is 2.25 bits per heavy atom. The SMILES string of the molecule is COC1CC2CC[C@@H](C)C(O)(O2)C(=O)C(=O)N2CCCCC2C(=O)OC(C(C)CC2CCC(O)C(OC)C2)CC(=O)C(C)/C=C(\C)C(O)C(OC)C(O)[C@H](C)CC(C)/C=C/C=CC=C1C. The van der Waals surface area contributed by atoms with Crippen molar-refractivity contribution in [2.45, 2.75) is 186 Å². The fourth-order valence-corrected chi connectivity index (χ4v) is 10.3. The standard InChI is InChI=1S/C51H81NO13/c1-30-16-12-11-13-17-31(2)42(61-8)28-38-21-19-36(7)51(60,65-38)48(57)49(58)52-23-15-14-18-39(52)50(59)64-43(33(4)26-37-20-22-40(53)44(27-37)62-9)29-41(54)32(3)25-35(6)46(56)47(63-10)45(55)34(5)24-30/h11-13,16-17,25,30,32-34,36-40,42-47,53,55-56,60H,14-15,18-24,26-29H2,1-10H3/b13-11?,16-12+,31-17?,35-25+/t30?,32?,33?,34-,36-,37?,38?,39?,40?,42?,43?,44?,45?,46?,47?,51?/m1/s1. The number of hydrogen-bond donors (Lipinski definition) is 4. The summed E-state index contributed by atoms with van der Waals surface area (Å²) in [6.07, 6.45) is 10.9. The van der Waals surface area contributed by atoms with Crippen molar-refractivity contribution in [2.24, 2.45) is 35.5 Å². The van der Waals surface area contributed by atoms with Gasteiger partial charge < -0.3 is 49.0 Å². The van der Waals surface area contributed by atoms with Crippen molar-refractivity contribution in [1.29, 1.82) is 0 Å². The van der Waals surface area contributed by atoms with Gasteiger partial charge in [-0.3, -0.25) is 14.4 Å². The number of hydrogen-bond acceptors (Lipinski definition) is 13. The van der Waals surface area contributed by atoms with Crippen LogP contribution in [-0.2, 0) is 42.9 Å². The van der Waals surface area contributed by atoms with Gasteiger partial charge in [-0.2, -0.15) is 0 Å². The molecule has 2 saturated heterocycles. The number of rotatable bonds is 6. The first kappa shape index (κ1) is 54.5. The van der Waals surface area contributed by atoms with E-state index in [2.05, 4.69) is 0 Å². The lowest BCUT2D eigenvalue weighted by Gasteiger charge is -2.42. The molecule has 0 aromatic rings. The van der Waals surface area contributed by atoms with Gasteiger partial charge in [0.05, 0.1) is 30.5 Å². The molecular weight excluding hydrogens is 835 g/mol. The minimum atomic E-state index is -2.42. The van der Waals surface area contributed by atoms with Crippen LogP contribution in [0.1, 0.15) is 126 Å². The lowest BCUT2D eigenvalue weighted by Crippen LogP contribution is -2.61. The molecule has 14 heteroatoms. The fourth-order valence-electron chi connectivity index (χ4n) is 10.3. The number of methoxy groups -OCH3 is 3. The fraction of sp³-hybridized carbons (Fsp3) is 0.765. The number of amides is 1. The van der Waals surface area contributed by atoms with Crippen molar-refractivity contribution in [2.75, 3.05) is 27.9 Å². The zero-order valence-electron chi connectivity index (χ0n) is 40.7. The minimum absolute atomic E-state index is 0.0801.